The lowest BCUT2D eigenvalue weighted by atomic mass is 9.81. The lowest BCUT2D eigenvalue weighted by molar-refractivity contribution is -0.143. The number of nitrogens with zero attached hydrogens (tertiary/aromatic N) is 2. The number of unbranched alkanes of at least 4 members (excludes halogenated alkanes) is 9. The molecule has 0 aliphatic carbocycles. The van der Waals surface area contributed by atoms with Crippen LogP contribution in [0.3, 0.4) is 0 Å². The van der Waals surface area contributed by atoms with Gasteiger partial charge in [0.25, 0.3) is 0 Å². The highest BCUT2D eigenvalue weighted by Crippen LogP contribution is 2.29. The molecule has 0 saturated heterocycles. The second-order valence-corrected chi connectivity index (χ2v) is 9.87. The summed E-state index contributed by atoms with van der Waals surface area (Å²) >= 11 is 0. The van der Waals surface area contributed by atoms with E-state index < -0.39 is 11.4 Å². The number of carbonyl (C=O) groups excluding carboxylic acids is 1. The Balaban J connectivity index is 1.75. The zero-order valence-electron chi connectivity index (χ0n) is 21.6. The van der Waals surface area contributed by atoms with Crippen molar-refractivity contribution in [2.24, 2.45) is 11.3 Å². The molecule has 0 radical (unpaired) electrons. The molecule has 1 atom stereocenters. The van der Waals surface area contributed by atoms with Crippen molar-refractivity contribution >= 4 is 5.97 Å². The second kappa shape index (κ2) is 14.6. The number of aryl methyl sites for hydroxylation is 1. The van der Waals surface area contributed by atoms with Crippen molar-refractivity contribution in [1.29, 1.82) is 5.26 Å². The Bertz CT molecular complexity index is 897. The summed E-state index contributed by atoms with van der Waals surface area (Å²) in [5.41, 5.74) is 1.98. The first-order chi connectivity index (χ1) is 16.4. The predicted octanol–water partition coefficient (Wildman–Crippen LogP) is 8.30. The van der Waals surface area contributed by atoms with E-state index in [1.54, 1.807) is 19.1 Å². The normalized spacial score (nSPS) is 12.8. The molecular formula is C30H42N2O2. The highest BCUT2D eigenvalue weighted by Gasteiger charge is 2.39. The highest BCUT2D eigenvalue weighted by molar-refractivity contribution is 5.82. The summed E-state index contributed by atoms with van der Waals surface area (Å²) in [6, 6.07) is 13.6. The van der Waals surface area contributed by atoms with Gasteiger partial charge in [-0.3, -0.25) is 4.98 Å². The zero-order valence-corrected chi connectivity index (χ0v) is 21.6. The first-order valence-electron chi connectivity index (χ1n) is 13.1. The average Bonchev–Trinajstić information content (AvgIpc) is 2.85. The third kappa shape index (κ3) is 8.60. The van der Waals surface area contributed by atoms with Gasteiger partial charge in [-0.2, -0.15) is 5.26 Å². The minimum Gasteiger partial charge on any atom is -0.425 e. The van der Waals surface area contributed by atoms with Gasteiger partial charge in [-0.1, -0.05) is 84.6 Å². The largest absolute Gasteiger partial charge is 0.425 e. The van der Waals surface area contributed by atoms with Gasteiger partial charge in [-0.15, -0.1) is 0 Å². The summed E-state index contributed by atoms with van der Waals surface area (Å²) in [7, 11) is 0. The van der Waals surface area contributed by atoms with Gasteiger partial charge in [0.05, 0.1) is 11.8 Å². The fourth-order valence-electron chi connectivity index (χ4n) is 3.88. The van der Waals surface area contributed by atoms with E-state index >= 15 is 0 Å². The molecule has 1 heterocycles. The van der Waals surface area contributed by atoms with Gasteiger partial charge in [0.15, 0.2) is 5.41 Å². The van der Waals surface area contributed by atoms with Crippen LogP contribution in [0.5, 0.6) is 5.75 Å². The number of esters is 1. The molecule has 184 valence electrons. The summed E-state index contributed by atoms with van der Waals surface area (Å²) in [5.74, 6) is -0.215. The van der Waals surface area contributed by atoms with Gasteiger partial charge in [0, 0.05) is 11.8 Å². The van der Waals surface area contributed by atoms with E-state index in [2.05, 4.69) is 30.1 Å². The minimum absolute atomic E-state index is 0.132. The van der Waals surface area contributed by atoms with Gasteiger partial charge in [-0.05, 0) is 61.6 Å². The Kier molecular flexibility index (Phi) is 11.8. The van der Waals surface area contributed by atoms with Crippen LogP contribution in [0.4, 0.5) is 0 Å². The van der Waals surface area contributed by atoms with E-state index in [1.165, 1.54) is 69.8 Å². The lowest BCUT2D eigenvalue weighted by Crippen LogP contribution is -2.35. The fourth-order valence-corrected chi connectivity index (χ4v) is 3.88. The summed E-state index contributed by atoms with van der Waals surface area (Å²) in [5, 5.41) is 9.40. The molecule has 0 amide bonds. The van der Waals surface area contributed by atoms with Gasteiger partial charge >= 0.3 is 5.97 Å². The molecule has 1 aromatic carbocycles. The van der Waals surface area contributed by atoms with Crippen molar-refractivity contribution in [1.82, 2.24) is 4.98 Å². The molecule has 2 rings (SSSR count). The van der Waals surface area contributed by atoms with Crippen molar-refractivity contribution in [3.8, 4) is 23.1 Å². The number of hydrogen-bond acceptors (Lipinski definition) is 4. The SMILES string of the molecule is CCCCCCCCCCCCc1ccc(-c2ccc(OC(=O)C(C)(C#N)C(C)C)cc2)nc1. The van der Waals surface area contributed by atoms with Gasteiger partial charge in [0.1, 0.15) is 5.75 Å². The molecular weight excluding hydrogens is 420 g/mol. The number of nitriles is 1. The minimum atomic E-state index is -1.16. The number of benzene rings is 1. The molecule has 34 heavy (non-hydrogen) atoms. The monoisotopic (exact) mass is 462 g/mol. The summed E-state index contributed by atoms with van der Waals surface area (Å²) in [4.78, 5) is 17.1. The second-order valence-electron chi connectivity index (χ2n) is 9.87. The Labute approximate surface area is 206 Å². The smallest absolute Gasteiger partial charge is 0.331 e. The van der Waals surface area contributed by atoms with Crippen LogP contribution in [0, 0.1) is 22.7 Å². The van der Waals surface area contributed by atoms with Crippen LogP contribution < -0.4 is 4.74 Å². The maximum absolute atomic E-state index is 12.5. The fraction of sp³-hybridized carbons (Fsp3) is 0.567. The molecule has 0 bridgehead atoms. The van der Waals surface area contributed by atoms with Crippen LogP contribution in [0.2, 0.25) is 0 Å². The van der Waals surface area contributed by atoms with E-state index in [9.17, 15) is 10.1 Å². The predicted molar refractivity (Wildman–Crippen MR) is 139 cm³/mol. The van der Waals surface area contributed by atoms with E-state index in [4.69, 9.17) is 4.74 Å². The first-order valence-corrected chi connectivity index (χ1v) is 13.1. The summed E-state index contributed by atoms with van der Waals surface area (Å²) in [6.07, 6.45) is 16.5. The molecule has 1 aromatic heterocycles. The molecule has 0 aliphatic heterocycles. The number of pyridine rings is 1. The Morgan fingerprint density at radius 3 is 2.03 bits per heavy atom. The van der Waals surface area contributed by atoms with Crippen LogP contribution in [-0.2, 0) is 11.2 Å². The molecule has 0 saturated carbocycles. The van der Waals surface area contributed by atoms with Crippen LogP contribution in [0.15, 0.2) is 42.6 Å². The van der Waals surface area contributed by atoms with E-state index in [0.717, 1.165) is 17.7 Å². The van der Waals surface area contributed by atoms with Gasteiger partial charge in [-0.25, -0.2) is 4.79 Å². The van der Waals surface area contributed by atoms with Crippen molar-refractivity contribution in [3.05, 3.63) is 48.2 Å². The summed E-state index contributed by atoms with van der Waals surface area (Å²) < 4.78 is 5.46. The Morgan fingerprint density at radius 1 is 0.941 bits per heavy atom. The van der Waals surface area contributed by atoms with E-state index in [-0.39, 0.29) is 5.92 Å². The maximum atomic E-state index is 12.5. The van der Waals surface area contributed by atoms with Crippen LogP contribution in [0.1, 0.15) is 97.5 Å². The van der Waals surface area contributed by atoms with Crippen molar-refractivity contribution in [3.63, 3.8) is 0 Å². The highest BCUT2D eigenvalue weighted by atomic mass is 16.5. The lowest BCUT2D eigenvalue weighted by Gasteiger charge is -2.23. The molecule has 0 fully saturated rings. The average molecular weight is 463 g/mol. The third-order valence-electron chi connectivity index (χ3n) is 6.82. The first kappa shape index (κ1) is 27.6. The maximum Gasteiger partial charge on any atom is 0.331 e. The van der Waals surface area contributed by atoms with Gasteiger partial charge in [0.2, 0.25) is 0 Å². The molecule has 4 nitrogen and oxygen atoms in total. The van der Waals surface area contributed by atoms with Gasteiger partial charge < -0.3 is 4.74 Å². The number of ether oxygens (including phenoxy) is 1. The summed E-state index contributed by atoms with van der Waals surface area (Å²) in [6.45, 7) is 7.58. The van der Waals surface area contributed by atoms with Crippen LogP contribution in [0.25, 0.3) is 11.3 Å². The van der Waals surface area contributed by atoms with E-state index in [0.29, 0.717) is 5.75 Å². The number of carbonyl (C=O) groups is 1. The standard InChI is InChI=1S/C30H42N2O2/c1-5-6-7-8-9-10-11-12-13-14-15-25-16-21-28(32-22-25)26-17-19-27(20-18-26)34-29(33)30(4,23-31)24(2)3/h16-22,24H,5-15H2,1-4H3. The number of hydrogen-bond donors (Lipinski definition) is 0. The van der Waals surface area contributed by atoms with Crippen molar-refractivity contribution in [2.75, 3.05) is 0 Å². The Hall–Kier alpha value is -2.67. The topological polar surface area (TPSA) is 63.0 Å². The van der Waals surface area contributed by atoms with Crippen molar-refractivity contribution < 1.29 is 9.53 Å². The molecule has 0 N–H and O–H groups in total. The zero-order chi connectivity index (χ0) is 24.8. The molecule has 1 unspecified atom stereocenters. The molecule has 2 aromatic rings. The van der Waals surface area contributed by atoms with Crippen LogP contribution in [-0.4, -0.2) is 11.0 Å². The Morgan fingerprint density at radius 2 is 1.53 bits per heavy atom. The number of aromatic nitrogens is 1. The van der Waals surface area contributed by atoms with Crippen molar-refractivity contribution in [2.45, 2.75) is 98.3 Å². The quantitative estimate of drug-likeness (QED) is 0.152. The molecule has 4 heteroatoms. The molecule has 0 spiro atoms. The van der Waals surface area contributed by atoms with E-state index in [1.807, 2.05) is 32.2 Å². The van der Waals surface area contributed by atoms with Crippen LogP contribution >= 0.6 is 0 Å². The third-order valence-corrected chi connectivity index (χ3v) is 6.82. The number of rotatable bonds is 15. The molecule has 0 aliphatic rings.